The van der Waals surface area contributed by atoms with Gasteiger partial charge in [-0.15, -0.1) is 0 Å². The summed E-state index contributed by atoms with van der Waals surface area (Å²) in [6.07, 6.45) is 4.58. The fourth-order valence-corrected chi connectivity index (χ4v) is 2.80. The molecule has 2 aromatic rings. The topological polar surface area (TPSA) is 26.9 Å². The Hall–Kier alpha value is -1.42. The van der Waals surface area contributed by atoms with E-state index in [1.54, 1.807) is 0 Å². The van der Waals surface area contributed by atoms with E-state index in [2.05, 4.69) is 23.6 Å². The minimum absolute atomic E-state index is 0.341. The monoisotopic (exact) mass is 290 g/mol. The summed E-state index contributed by atoms with van der Waals surface area (Å²) < 4.78 is 4.86. The zero-order valence-electron chi connectivity index (χ0n) is 12.3. The van der Waals surface area contributed by atoms with Crippen molar-refractivity contribution in [3.8, 4) is 0 Å². The molecule has 2 rings (SSSR count). The second-order valence-corrected chi connectivity index (χ2v) is 5.59. The first-order chi connectivity index (χ1) is 9.65. The predicted molar refractivity (Wildman–Crippen MR) is 85.5 cm³/mol. The highest BCUT2D eigenvalue weighted by molar-refractivity contribution is 7.71. The minimum Gasteiger partial charge on any atom is -0.320 e. The van der Waals surface area contributed by atoms with Crippen LogP contribution in [0, 0.1) is 4.77 Å². The Kier molecular flexibility index (Phi) is 5.12. The average molecular weight is 290 g/mol. The van der Waals surface area contributed by atoms with Gasteiger partial charge in [0.25, 0.3) is 0 Å². The van der Waals surface area contributed by atoms with Crippen molar-refractivity contribution < 1.29 is 4.79 Å². The van der Waals surface area contributed by atoms with Crippen molar-refractivity contribution in [1.82, 2.24) is 9.13 Å². The number of nitrogens with zero attached hydrogens (tertiary/aromatic N) is 2. The number of hydrogen-bond acceptors (Lipinski definition) is 2. The number of ketones is 1. The molecule has 1 aromatic carbocycles. The van der Waals surface area contributed by atoms with E-state index in [4.69, 9.17) is 12.2 Å². The third kappa shape index (κ3) is 3.18. The Morgan fingerprint density at radius 3 is 2.55 bits per heavy atom. The third-order valence-corrected chi connectivity index (χ3v) is 4.22. The smallest absolute Gasteiger partial charge is 0.180 e. The second kappa shape index (κ2) is 6.84. The summed E-state index contributed by atoms with van der Waals surface area (Å²) in [5, 5.41) is 0. The van der Waals surface area contributed by atoms with Gasteiger partial charge < -0.3 is 9.13 Å². The van der Waals surface area contributed by atoms with Gasteiger partial charge in [-0.25, -0.2) is 0 Å². The number of Topliss-reactive ketones (excluding diaryl/α,β-unsaturated/α-hetero) is 1. The molecule has 0 aliphatic rings. The number of unbranched alkanes of at least 4 members (excludes halogenated alkanes) is 2. The van der Waals surface area contributed by atoms with E-state index in [-0.39, 0.29) is 0 Å². The summed E-state index contributed by atoms with van der Waals surface area (Å²) >= 11 is 5.47. The zero-order valence-corrected chi connectivity index (χ0v) is 13.1. The fraction of sp³-hybridized carbons (Fsp3) is 0.500. The lowest BCUT2D eigenvalue weighted by Gasteiger charge is -2.04. The summed E-state index contributed by atoms with van der Waals surface area (Å²) in [5.74, 6) is 0.341. The van der Waals surface area contributed by atoms with Crippen LogP contribution in [0.3, 0.4) is 0 Å². The molecule has 0 saturated heterocycles. The predicted octanol–water partition coefficient (Wildman–Crippen LogP) is 4.25. The maximum Gasteiger partial charge on any atom is 0.180 e. The summed E-state index contributed by atoms with van der Waals surface area (Å²) in [6.45, 7) is 2.84. The number of rotatable bonds is 7. The summed E-state index contributed by atoms with van der Waals surface area (Å²) in [6, 6.07) is 8.14. The number of para-hydroxylation sites is 2. The van der Waals surface area contributed by atoms with Crippen molar-refractivity contribution in [3.63, 3.8) is 0 Å². The van der Waals surface area contributed by atoms with E-state index in [1.807, 2.05) is 23.7 Å². The van der Waals surface area contributed by atoms with Crippen molar-refractivity contribution in [2.75, 3.05) is 0 Å². The van der Waals surface area contributed by atoms with Crippen LogP contribution in [-0.2, 0) is 18.4 Å². The van der Waals surface area contributed by atoms with Crippen molar-refractivity contribution in [1.29, 1.82) is 0 Å². The van der Waals surface area contributed by atoms with Crippen LogP contribution in [0.15, 0.2) is 24.3 Å². The van der Waals surface area contributed by atoms with E-state index in [0.717, 1.165) is 35.1 Å². The molecule has 0 atom stereocenters. The van der Waals surface area contributed by atoms with Crippen molar-refractivity contribution in [2.24, 2.45) is 7.05 Å². The van der Waals surface area contributed by atoms with Crippen LogP contribution in [0.5, 0.6) is 0 Å². The lowest BCUT2D eigenvalue weighted by Crippen LogP contribution is -2.06. The molecule has 0 spiro atoms. The van der Waals surface area contributed by atoms with Gasteiger partial charge in [0.15, 0.2) is 4.77 Å². The molecule has 3 nitrogen and oxygen atoms in total. The summed E-state index contributed by atoms with van der Waals surface area (Å²) in [5.41, 5.74) is 2.23. The summed E-state index contributed by atoms with van der Waals surface area (Å²) in [7, 11) is 1.98. The molecule has 0 bridgehead atoms. The van der Waals surface area contributed by atoms with Gasteiger partial charge in [-0.3, -0.25) is 4.79 Å². The fourth-order valence-electron chi connectivity index (χ4n) is 2.51. The maximum atomic E-state index is 11.9. The summed E-state index contributed by atoms with van der Waals surface area (Å²) in [4.78, 5) is 11.9. The molecule has 0 amide bonds. The molecule has 0 N–H and O–H groups in total. The van der Waals surface area contributed by atoms with Crippen molar-refractivity contribution in [2.45, 2.75) is 45.6 Å². The van der Waals surface area contributed by atoms with Gasteiger partial charge >= 0.3 is 0 Å². The zero-order chi connectivity index (χ0) is 14.5. The molecule has 0 aliphatic carbocycles. The van der Waals surface area contributed by atoms with Gasteiger partial charge in [0.1, 0.15) is 5.78 Å². The van der Waals surface area contributed by atoms with E-state index in [9.17, 15) is 4.79 Å². The van der Waals surface area contributed by atoms with Crippen molar-refractivity contribution in [3.05, 3.63) is 29.0 Å². The average Bonchev–Trinajstić information content (AvgIpc) is 2.70. The number of benzene rings is 1. The Labute approximate surface area is 125 Å². The van der Waals surface area contributed by atoms with Gasteiger partial charge in [0, 0.05) is 26.4 Å². The highest BCUT2D eigenvalue weighted by atomic mass is 32.1. The van der Waals surface area contributed by atoms with Crippen LogP contribution >= 0.6 is 12.2 Å². The molecule has 0 aliphatic heterocycles. The highest BCUT2D eigenvalue weighted by Crippen LogP contribution is 2.17. The molecule has 20 heavy (non-hydrogen) atoms. The minimum atomic E-state index is 0.341. The highest BCUT2D eigenvalue weighted by Gasteiger charge is 2.09. The van der Waals surface area contributed by atoms with Crippen LogP contribution in [0.25, 0.3) is 11.0 Å². The Morgan fingerprint density at radius 1 is 1.15 bits per heavy atom. The molecule has 1 heterocycles. The number of hydrogen-bond donors (Lipinski definition) is 0. The van der Waals surface area contributed by atoms with Gasteiger partial charge in [0.05, 0.1) is 11.0 Å². The van der Waals surface area contributed by atoms with Gasteiger partial charge in [-0.2, -0.15) is 0 Å². The molecular formula is C16H22N2OS. The lowest BCUT2D eigenvalue weighted by molar-refractivity contribution is -0.119. The van der Waals surface area contributed by atoms with E-state index < -0.39 is 0 Å². The standard InChI is InChI=1S/C16H22N2OS/c1-3-4-5-8-13(19)11-12-18-15-10-7-6-9-14(15)17(2)16(18)20/h6-7,9-10H,3-5,8,11-12H2,1-2H3. The van der Waals surface area contributed by atoms with Gasteiger partial charge in [-0.05, 0) is 30.8 Å². The quantitative estimate of drug-likeness (QED) is 0.563. The molecule has 108 valence electrons. The Bertz CT molecular complexity index is 654. The molecular weight excluding hydrogens is 268 g/mol. The lowest BCUT2D eigenvalue weighted by atomic mass is 10.1. The molecule has 0 unspecified atom stereocenters. The van der Waals surface area contributed by atoms with Crippen molar-refractivity contribution >= 4 is 29.0 Å². The Balaban J connectivity index is 2.09. The number of carbonyl (C=O) groups excluding carboxylic acids is 1. The number of imidazole rings is 1. The van der Waals surface area contributed by atoms with Gasteiger partial charge in [0.2, 0.25) is 0 Å². The number of aryl methyl sites for hydroxylation is 2. The first-order valence-electron chi connectivity index (χ1n) is 7.31. The van der Waals surface area contributed by atoms with Crippen LogP contribution in [0.1, 0.15) is 39.0 Å². The largest absolute Gasteiger partial charge is 0.320 e. The number of carbonyl (C=O) groups is 1. The molecule has 0 fully saturated rings. The third-order valence-electron chi connectivity index (χ3n) is 3.73. The van der Waals surface area contributed by atoms with Crippen LogP contribution in [0.4, 0.5) is 0 Å². The van der Waals surface area contributed by atoms with Crippen LogP contribution in [-0.4, -0.2) is 14.9 Å². The number of fused-ring (bicyclic) bond motifs is 1. The molecule has 0 radical (unpaired) electrons. The van der Waals surface area contributed by atoms with E-state index in [1.165, 1.54) is 0 Å². The Morgan fingerprint density at radius 2 is 1.85 bits per heavy atom. The van der Waals surface area contributed by atoms with Crippen LogP contribution < -0.4 is 0 Å². The van der Waals surface area contributed by atoms with E-state index in [0.29, 0.717) is 25.2 Å². The SMILES string of the molecule is CCCCCC(=O)CCn1c(=S)n(C)c2ccccc21. The molecule has 4 heteroatoms. The first-order valence-corrected chi connectivity index (χ1v) is 7.72. The normalized spacial score (nSPS) is 11.1. The van der Waals surface area contributed by atoms with Crippen LogP contribution in [0.2, 0.25) is 0 Å². The second-order valence-electron chi connectivity index (χ2n) is 5.23. The molecule has 0 saturated carbocycles. The maximum absolute atomic E-state index is 11.9. The van der Waals surface area contributed by atoms with E-state index >= 15 is 0 Å². The number of aromatic nitrogens is 2. The molecule has 1 aromatic heterocycles. The van der Waals surface area contributed by atoms with Gasteiger partial charge in [-0.1, -0.05) is 31.9 Å². The first kappa shape index (κ1) is 15.0.